The van der Waals surface area contributed by atoms with Gasteiger partial charge in [-0.25, -0.2) is 4.79 Å². The molecule has 4 atom stereocenters. The second-order valence-corrected chi connectivity index (χ2v) is 10.4. The summed E-state index contributed by atoms with van der Waals surface area (Å²) in [6.45, 7) is 1.38. The smallest absolute Gasteiger partial charge is 0.326 e. The van der Waals surface area contributed by atoms with Crippen molar-refractivity contribution < 1.29 is 29.1 Å². The number of H-pyrrole nitrogens is 2. The minimum Gasteiger partial charge on any atom is -0.480 e. The molecule has 2 aromatic carbocycles. The van der Waals surface area contributed by atoms with Gasteiger partial charge in [0, 0.05) is 47.0 Å². The molecule has 0 spiro atoms. The van der Waals surface area contributed by atoms with E-state index < -0.39 is 53.8 Å². The number of aromatic amines is 2. The van der Waals surface area contributed by atoms with Gasteiger partial charge in [0.25, 0.3) is 0 Å². The number of rotatable bonds is 14. The van der Waals surface area contributed by atoms with Gasteiger partial charge in [0.2, 0.25) is 23.6 Å². The van der Waals surface area contributed by atoms with E-state index in [9.17, 15) is 29.1 Å². The van der Waals surface area contributed by atoms with E-state index in [-0.39, 0.29) is 25.7 Å². The third kappa shape index (κ3) is 7.77. The molecule has 226 valence electrons. The predicted molar refractivity (Wildman–Crippen MR) is 160 cm³/mol. The lowest BCUT2D eigenvalue weighted by Gasteiger charge is -2.23. The molecule has 0 radical (unpaired) electrons. The maximum atomic E-state index is 13.1. The molecule has 0 fully saturated rings. The monoisotopic (exact) mass is 589 g/mol. The van der Waals surface area contributed by atoms with Gasteiger partial charge in [-0.2, -0.15) is 0 Å². The molecule has 0 aliphatic rings. The van der Waals surface area contributed by atoms with Crippen LogP contribution in [0.5, 0.6) is 0 Å². The van der Waals surface area contributed by atoms with Crippen LogP contribution in [0, 0.1) is 0 Å². The van der Waals surface area contributed by atoms with Crippen molar-refractivity contribution in [3.05, 3.63) is 72.1 Å². The molecule has 0 aliphatic heterocycles. The second-order valence-electron chi connectivity index (χ2n) is 10.4. The maximum absolute atomic E-state index is 13.1. The molecule has 10 N–H and O–H groups in total. The summed E-state index contributed by atoms with van der Waals surface area (Å²) in [4.78, 5) is 68.6. The molecule has 4 unspecified atom stereocenters. The third-order valence-electron chi connectivity index (χ3n) is 7.23. The number of aliphatic carboxylic acids is 1. The highest BCUT2D eigenvalue weighted by Crippen LogP contribution is 2.20. The quantitative estimate of drug-likeness (QED) is 0.104. The summed E-state index contributed by atoms with van der Waals surface area (Å²) >= 11 is 0. The van der Waals surface area contributed by atoms with E-state index in [1.54, 1.807) is 12.4 Å². The van der Waals surface area contributed by atoms with Gasteiger partial charge < -0.3 is 42.5 Å². The first-order valence-electron chi connectivity index (χ1n) is 13.8. The van der Waals surface area contributed by atoms with Crippen LogP contribution in [0.15, 0.2) is 60.9 Å². The van der Waals surface area contributed by atoms with E-state index in [4.69, 9.17) is 11.5 Å². The summed E-state index contributed by atoms with van der Waals surface area (Å²) in [5.41, 5.74) is 14.7. The van der Waals surface area contributed by atoms with Crippen molar-refractivity contribution in [3.8, 4) is 0 Å². The van der Waals surface area contributed by atoms with Gasteiger partial charge in [-0.05, 0) is 43.0 Å². The molecule has 0 saturated carbocycles. The number of nitrogens with two attached hydrogens (primary N) is 2. The highest BCUT2D eigenvalue weighted by molar-refractivity contribution is 5.95. The fourth-order valence-corrected chi connectivity index (χ4v) is 4.86. The number of hydrogen-bond acceptors (Lipinski definition) is 6. The first-order chi connectivity index (χ1) is 20.5. The topological polar surface area (TPSA) is 225 Å². The fraction of sp³-hybridized carbons (Fsp3) is 0.300. The zero-order chi connectivity index (χ0) is 31.1. The summed E-state index contributed by atoms with van der Waals surface area (Å²) < 4.78 is 0. The number of amides is 4. The van der Waals surface area contributed by atoms with Gasteiger partial charge in [0.15, 0.2) is 0 Å². The van der Waals surface area contributed by atoms with Crippen LogP contribution >= 0.6 is 0 Å². The van der Waals surface area contributed by atoms with Gasteiger partial charge >= 0.3 is 5.97 Å². The summed E-state index contributed by atoms with van der Waals surface area (Å²) in [6.07, 6.45) is 3.32. The zero-order valence-corrected chi connectivity index (χ0v) is 23.6. The Morgan fingerprint density at radius 1 is 0.767 bits per heavy atom. The summed E-state index contributed by atoms with van der Waals surface area (Å²) in [5, 5.41) is 19.0. The van der Waals surface area contributed by atoms with Gasteiger partial charge in [-0.15, -0.1) is 0 Å². The van der Waals surface area contributed by atoms with Crippen molar-refractivity contribution in [1.82, 2.24) is 25.9 Å². The lowest BCUT2D eigenvalue weighted by molar-refractivity contribution is -0.142. The number of carboxylic acids is 1. The van der Waals surface area contributed by atoms with Crippen molar-refractivity contribution in [2.24, 2.45) is 11.5 Å². The standard InChI is InChI=1S/C30H35N7O6/c1-16(27(39)37-25(30(42)43)13-18-15-34-23-9-5-3-7-20(18)23)35-29(41)24(10-11-26(32)38)36-28(40)21(31)12-17-14-33-22-8-4-2-6-19(17)22/h2-9,14-16,21,24-25,33-34H,10-13,31H2,1H3,(H2,32,38)(H,35,41)(H,36,40)(H,37,39)(H,42,43). The van der Waals surface area contributed by atoms with E-state index in [1.165, 1.54) is 6.92 Å². The van der Waals surface area contributed by atoms with Crippen LogP contribution in [0.4, 0.5) is 0 Å². The van der Waals surface area contributed by atoms with Crippen LogP contribution in [0.25, 0.3) is 21.8 Å². The number of para-hydroxylation sites is 2. The summed E-state index contributed by atoms with van der Waals surface area (Å²) in [6, 6.07) is 10.3. The lowest BCUT2D eigenvalue weighted by atomic mass is 10.0. The number of primary amides is 1. The number of fused-ring (bicyclic) bond motifs is 2. The Bertz CT molecular complexity index is 1640. The van der Waals surface area contributed by atoms with Crippen molar-refractivity contribution in [1.29, 1.82) is 0 Å². The number of carbonyl (C=O) groups excluding carboxylic acids is 4. The summed E-state index contributed by atoms with van der Waals surface area (Å²) in [5.74, 6) is -4.04. The van der Waals surface area contributed by atoms with Crippen molar-refractivity contribution in [3.63, 3.8) is 0 Å². The Hall–Kier alpha value is -5.17. The number of hydrogen-bond donors (Lipinski definition) is 8. The molecule has 2 aromatic heterocycles. The molecule has 4 amide bonds. The van der Waals surface area contributed by atoms with E-state index in [1.807, 2.05) is 48.5 Å². The SMILES string of the molecule is CC(NC(=O)C(CCC(N)=O)NC(=O)C(N)Cc1c[nH]c2ccccc12)C(=O)NC(Cc1c[nH]c2ccccc12)C(=O)O. The minimum atomic E-state index is -1.26. The molecule has 43 heavy (non-hydrogen) atoms. The fourth-order valence-electron chi connectivity index (χ4n) is 4.86. The Labute approximate surface area is 246 Å². The molecular formula is C30H35N7O6. The van der Waals surface area contributed by atoms with Gasteiger partial charge in [-0.3, -0.25) is 19.2 Å². The molecule has 0 aliphatic carbocycles. The third-order valence-corrected chi connectivity index (χ3v) is 7.23. The van der Waals surface area contributed by atoms with Crippen LogP contribution in [-0.2, 0) is 36.8 Å². The van der Waals surface area contributed by atoms with Gasteiger partial charge in [0.05, 0.1) is 6.04 Å². The molecular weight excluding hydrogens is 554 g/mol. The van der Waals surface area contributed by atoms with E-state index >= 15 is 0 Å². The minimum absolute atomic E-state index is 0.0113. The molecule has 13 heteroatoms. The molecule has 13 nitrogen and oxygen atoms in total. The number of carbonyl (C=O) groups is 5. The summed E-state index contributed by atoms with van der Waals surface area (Å²) in [7, 11) is 0. The van der Waals surface area contributed by atoms with Crippen LogP contribution in [0.1, 0.15) is 30.9 Å². The van der Waals surface area contributed by atoms with E-state index in [0.717, 1.165) is 27.4 Å². The molecule has 4 aromatic rings. The van der Waals surface area contributed by atoms with Crippen LogP contribution in [0.2, 0.25) is 0 Å². The number of nitrogens with one attached hydrogen (secondary N) is 5. The molecule has 0 saturated heterocycles. The molecule has 2 heterocycles. The normalized spacial score (nSPS) is 14.0. The van der Waals surface area contributed by atoms with Crippen LogP contribution in [-0.4, -0.2) is 68.8 Å². The van der Waals surface area contributed by atoms with Crippen LogP contribution in [0.3, 0.4) is 0 Å². The molecule has 4 rings (SSSR count). The Balaban J connectivity index is 1.37. The Morgan fingerprint density at radius 3 is 1.86 bits per heavy atom. The second kappa shape index (κ2) is 13.7. The highest BCUT2D eigenvalue weighted by Gasteiger charge is 2.29. The average Bonchev–Trinajstić information content (AvgIpc) is 3.58. The largest absolute Gasteiger partial charge is 0.480 e. The van der Waals surface area contributed by atoms with Gasteiger partial charge in [0.1, 0.15) is 18.1 Å². The average molecular weight is 590 g/mol. The zero-order valence-electron chi connectivity index (χ0n) is 23.6. The molecule has 0 bridgehead atoms. The number of carboxylic acid groups (broad SMARTS) is 1. The first kappa shape index (κ1) is 30.8. The van der Waals surface area contributed by atoms with Crippen LogP contribution < -0.4 is 27.4 Å². The maximum Gasteiger partial charge on any atom is 0.326 e. The highest BCUT2D eigenvalue weighted by atomic mass is 16.4. The van der Waals surface area contributed by atoms with Crippen molar-refractivity contribution in [2.45, 2.75) is 56.8 Å². The lowest BCUT2D eigenvalue weighted by Crippen LogP contribution is -2.56. The number of aromatic nitrogens is 2. The van der Waals surface area contributed by atoms with Crippen molar-refractivity contribution in [2.75, 3.05) is 0 Å². The predicted octanol–water partition coefficient (Wildman–Crippen LogP) is 0.586. The van der Waals surface area contributed by atoms with Gasteiger partial charge in [-0.1, -0.05) is 36.4 Å². The number of benzene rings is 2. The first-order valence-corrected chi connectivity index (χ1v) is 13.8. The van der Waals surface area contributed by atoms with Crippen molar-refractivity contribution >= 4 is 51.4 Å². The van der Waals surface area contributed by atoms with E-state index in [0.29, 0.717) is 5.56 Å². The van der Waals surface area contributed by atoms with E-state index in [2.05, 4.69) is 25.9 Å². The Kier molecular flexibility index (Phi) is 9.78. The Morgan fingerprint density at radius 2 is 1.30 bits per heavy atom.